The van der Waals surface area contributed by atoms with Gasteiger partial charge in [0.05, 0.1) is 18.7 Å². The third-order valence-corrected chi connectivity index (χ3v) is 2.82. The van der Waals surface area contributed by atoms with E-state index in [-0.39, 0.29) is 12.4 Å². The molecule has 0 unspecified atom stereocenters. The molecule has 0 heterocycles. The lowest BCUT2D eigenvalue weighted by Gasteiger charge is -2.10. The van der Waals surface area contributed by atoms with Crippen molar-refractivity contribution in [3.63, 3.8) is 0 Å². The van der Waals surface area contributed by atoms with Gasteiger partial charge in [-0.3, -0.25) is 4.79 Å². The van der Waals surface area contributed by atoms with E-state index in [0.717, 1.165) is 0 Å². The standard InChI is InChI=1S/C16H12FNO3/c1-20-15-7-2-11(9-18)8-16(15)21-10-14(19)12-3-5-13(17)6-4-12/h2-8H,10H2,1H3. The van der Waals surface area contributed by atoms with Gasteiger partial charge in [-0.05, 0) is 36.4 Å². The first-order valence-corrected chi connectivity index (χ1v) is 6.13. The van der Waals surface area contributed by atoms with Crippen molar-refractivity contribution < 1.29 is 18.7 Å². The largest absolute Gasteiger partial charge is 0.493 e. The van der Waals surface area contributed by atoms with Crippen molar-refractivity contribution in [2.24, 2.45) is 0 Å². The fraction of sp³-hybridized carbons (Fsp3) is 0.125. The van der Waals surface area contributed by atoms with Gasteiger partial charge in [-0.1, -0.05) is 0 Å². The highest BCUT2D eigenvalue weighted by atomic mass is 19.1. The molecule has 2 aromatic carbocycles. The van der Waals surface area contributed by atoms with Gasteiger partial charge in [0.15, 0.2) is 23.9 Å². The molecule has 0 aromatic heterocycles. The number of rotatable bonds is 5. The average Bonchev–Trinajstić information content (AvgIpc) is 2.52. The van der Waals surface area contributed by atoms with Crippen LogP contribution in [-0.2, 0) is 0 Å². The van der Waals surface area contributed by atoms with E-state index in [1.54, 1.807) is 12.1 Å². The minimum Gasteiger partial charge on any atom is -0.493 e. The Kier molecular flexibility index (Phi) is 4.52. The van der Waals surface area contributed by atoms with E-state index < -0.39 is 5.82 Å². The van der Waals surface area contributed by atoms with Crippen molar-refractivity contribution in [2.45, 2.75) is 0 Å². The maximum atomic E-state index is 12.8. The molecule has 0 fully saturated rings. The lowest BCUT2D eigenvalue weighted by molar-refractivity contribution is 0.0919. The van der Waals surface area contributed by atoms with Crippen LogP contribution >= 0.6 is 0 Å². The second kappa shape index (κ2) is 6.53. The summed E-state index contributed by atoms with van der Waals surface area (Å²) in [7, 11) is 1.47. The molecule has 0 saturated heterocycles. The highest BCUT2D eigenvalue weighted by Gasteiger charge is 2.10. The van der Waals surface area contributed by atoms with E-state index >= 15 is 0 Å². The van der Waals surface area contributed by atoms with Gasteiger partial charge in [0.25, 0.3) is 0 Å². The fourth-order valence-electron chi connectivity index (χ4n) is 1.72. The number of ether oxygens (including phenoxy) is 2. The smallest absolute Gasteiger partial charge is 0.200 e. The van der Waals surface area contributed by atoms with Crippen molar-refractivity contribution in [2.75, 3.05) is 13.7 Å². The van der Waals surface area contributed by atoms with Gasteiger partial charge < -0.3 is 9.47 Å². The molecule has 0 radical (unpaired) electrons. The Morgan fingerprint density at radius 2 is 1.90 bits per heavy atom. The van der Waals surface area contributed by atoms with Crippen LogP contribution < -0.4 is 9.47 Å². The minimum absolute atomic E-state index is 0.225. The summed E-state index contributed by atoms with van der Waals surface area (Å²) >= 11 is 0. The number of methoxy groups -OCH3 is 1. The Labute approximate surface area is 121 Å². The summed E-state index contributed by atoms with van der Waals surface area (Å²) in [5.41, 5.74) is 0.756. The Balaban J connectivity index is 2.10. The molecule has 5 heteroatoms. The van der Waals surface area contributed by atoms with E-state index in [1.165, 1.54) is 37.4 Å². The van der Waals surface area contributed by atoms with E-state index in [0.29, 0.717) is 22.6 Å². The Morgan fingerprint density at radius 3 is 2.52 bits per heavy atom. The third-order valence-electron chi connectivity index (χ3n) is 2.82. The zero-order valence-electron chi connectivity index (χ0n) is 11.3. The zero-order valence-corrected chi connectivity index (χ0v) is 11.3. The summed E-state index contributed by atoms with van der Waals surface area (Å²) in [4.78, 5) is 11.9. The average molecular weight is 285 g/mol. The number of halogens is 1. The van der Waals surface area contributed by atoms with Crippen LogP contribution in [0.1, 0.15) is 15.9 Å². The monoisotopic (exact) mass is 285 g/mol. The molecule has 0 amide bonds. The normalized spacial score (nSPS) is 9.76. The summed E-state index contributed by atoms with van der Waals surface area (Å²) in [6.07, 6.45) is 0. The van der Waals surface area contributed by atoms with Gasteiger partial charge in [0, 0.05) is 11.6 Å². The topological polar surface area (TPSA) is 59.3 Å². The van der Waals surface area contributed by atoms with Gasteiger partial charge >= 0.3 is 0 Å². The minimum atomic E-state index is -0.407. The van der Waals surface area contributed by atoms with Crippen LogP contribution in [0.15, 0.2) is 42.5 Å². The zero-order chi connectivity index (χ0) is 15.2. The van der Waals surface area contributed by atoms with Gasteiger partial charge in [0.1, 0.15) is 5.82 Å². The molecule has 0 spiro atoms. The Bertz CT molecular complexity index is 690. The molecule has 4 nitrogen and oxygen atoms in total. The number of carbonyl (C=O) groups excluding carboxylic acids is 1. The van der Waals surface area contributed by atoms with Crippen LogP contribution in [0.5, 0.6) is 11.5 Å². The number of hydrogen-bond acceptors (Lipinski definition) is 4. The Hall–Kier alpha value is -2.87. The first-order chi connectivity index (χ1) is 10.1. The summed E-state index contributed by atoms with van der Waals surface area (Å²) in [5.74, 6) is 0.0446. The quantitative estimate of drug-likeness (QED) is 0.792. The first kappa shape index (κ1) is 14.5. The number of Topliss-reactive ketones (excluding diaryl/α,β-unsaturated/α-hetero) is 1. The molecule has 106 valence electrons. The highest BCUT2D eigenvalue weighted by molar-refractivity contribution is 5.97. The summed E-state index contributed by atoms with van der Waals surface area (Å²) in [5, 5.41) is 8.86. The number of nitriles is 1. The van der Waals surface area contributed by atoms with Gasteiger partial charge in [-0.2, -0.15) is 5.26 Å². The van der Waals surface area contributed by atoms with E-state index in [2.05, 4.69) is 0 Å². The third kappa shape index (κ3) is 3.57. The van der Waals surface area contributed by atoms with Crippen LogP contribution in [0.3, 0.4) is 0 Å². The number of nitrogens with zero attached hydrogens (tertiary/aromatic N) is 1. The van der Waals surface area contributed by atoms with Crippen molar-refractivity contribution in [1.29, 1.82) is 5.26 Å². The fourth-order valence-corrected chi connectivity index (χ4v) is 1.72. The molecule has 0 aliphatic carbocycles. The second-order valence-electron chi connectivity index (χ2n) is 4.20. The van der Waals surface area contributed by atoms with Crippen LogP contribution in [0.2, 0.25) is 0 Å². The van der Waals surface area contributed by atoms with Crippen molar-refractivity contribution in [1.82, 2.24) is 0 Å². The molecule has 21 heavy (non-hydrogen) atoms. The maximum absolute atomic E-state index is 12.8. The van der Waals surface area contributed by atoms with Crippen molar-refractivity contribution in [3.8, 4) is 17.6 Å². The predicted molar refractivity (Wildman–Crippen MR) is 73.9 cm³/mol. The van der Waals surface area contributed by atoms with Gasteiger partial charge in [-0.25, -0.2) is 4.39 Å². The number of carbonyl (C=O) groups is 1. The molecule has 0 saturated carbocycles. The summed E-state index contributed by atoms with van der Waals surface area (Å²) in [6, 6.07) is 11.9. The Morgan fingerprint density at radius 1 is 1.19 bits per heavy atom. The van der Waals surface area contributed by atoms with Crippen LogP contribution in [0, 0.1) is 17.1 Å². The van der Waals surface area contributed by atoms with Crippen molar-refractivity contribution >= 4 is 5.78 Å². The van der Waals surface area contributed by atoms with Crippen molar-refractivity contribution in [3.05, 3.63) is 59.4 Å². The second-order valence-corrected chi connectivity index (χ2v) is 4.20. The maximum Gasteiger partial charge on any atom is 0.200 e. The first-order valence-electron chi connectivity index (χ1n) is 6.13. The van der Waals surface area contributed by atoms with Gasteiger partial charge in [-0.15, -0.1) is 0 Å². The molecule has 2 rings (SSSR count). The highest BCUT2D eigenvalue weighted by Crippen LogP contribution is 2.27. The molecule has 2 aromatic rings. The van der Waals surface area contributed by atoms with E-state index in [9.17, 15) is 9.18 Å². The molecule has 0 bridgehead atoms. The molecule has 0 N–H and O–H groups in total. The lowest BCUT2D eigenvalue weighted by atomic mass is 10.1. The SMILES string of the molecule is COc1ccc(C#N)cc1OCC(=O)c1ccc(F)cc1. The molecular formula is C16H12FNO3. The van der Waals surface area contributed by atoms with Crippen LogP contribution in [0.25, 0.3) is 0 Å². The van der Waals surface area contributed by atoms with Crippen LogP contribution in [-0.4, -0.2) is 19.5 Å². The predicted octanol–water partition coefficient (Wildman–Crippen LogP) is 2.97. The molecule has 0 atom stereocenters. The number of ketones is 1. The number of hydrogen-bond donors (Lipinski definition) is 0. The summed E-state index contributed by atoms with van der Waals surface area (Å²) < 4.78 is 23.3. The summed E-state index contributed by atoms with van der Waals surface area (Å²) in [6.45, 7) is -0.225. The molecule has 0 aliphatic heterocycles. The molecule has 0 aliphatic rings. The van der Waals surface area contributed by atoms with E-state index in [4.69, 9.17) is 14.7 Å². The van der Waals surface area contributed by atoms with Crippen LogP contribution in [0.4, 0.5) is 4.39 Å². The lowest BCUT2D eigenvalue weighted by Crippen LogP contribution is -2.12. The number of benzene rings is 2. The van der Waals surface area contributed by atoms with E-state index in [1.807, 2.05) is 6.07 Å². The molecular weight excluding hydrogens is 273 g/mol. The van der Waals surface area contributed by atoms with Gasteiger partial charge in [0.2, 0.25) is 0 Å².